The Morgan fingerprint density at radius 2 is 1.50 bits per heavy atom. The molecule has 1 heterocycles. The number of allylic oxidation sites excluding steroid dienone is 4. The number of anilines is 1. The van der Waals surface area contributed by atoms with Crippen LogP contribution in [0.2, 0.25) is 0 Å². The van der Waals surface area contributed by atoms with E-state index < -0.39 is 0 Å². The number of ketones is 2. The summed E-state index contributed by atoms with van der Waals surface area (Å²) in [5.41, 5.74) is 9.10. The molecule has 0 aromatic heterocycles. The Balaban J connectivity index is 0.00000605. The average Bonchev–Trinajstić information content (AvgIpc) is 3.12. The van der Waals surface area contributed by atoms with E-state index in [2.05, 4.69) is 62.3 Å². The number of benzene rings is 3. The van der Waals surface area contributed by atoms with E-state index >= 15 is 0 Å². The second-order valence-electron chi connectivity index (χ2n) is 13.7. The van der Waals surface area contributed by atoms with E-state index in [1.54, 1.807) is 13.8 Å². The largest absolute Gasteiger partial charge is 1.00 e. The molecule has 5 rings (SSSR count). The molecule has 0 bridgehead atoms. The number of esters is 1. The second-order valence-corrected chi connectivity index (χ2v) is 13.7. The first-order valence-corrected chi connectivity index (χ1v) is 18.7. The number of hydrogen-bond donors (Lipinski definition) is 2. The Kier molecular flexibility index (Phi) is 14.6. The Morgan fingerprint density at radius 3 is 2.21 bits per heavy atom. The predicted molar refractivity (Wildman–Crippen MR) is 205 cm³/mol. The van der Waals surface area contributed by atoms with Crippen molar-refractivity contribution in [1.29, 1.82) is 0 Å². The topological polar surface area (TPSA) is 99.6 Å². The van der Waals surface area contributed by atoms with Crippen LogP contribution in [0.3, 0.4) is 0 Å². The SMILES string of the molecule is CCNc1cc2oc3cc(=[NH+]CC)c(C)cc-3c(-c3ccccc3C(=O)OCCCCCCCCCCC3=CC(=O)C(C)=C(C)C3=O)c2cc1C.[Cl-]. The molecule has 276 valence electrons. The zero-order valence-corrected chi connectivity index (χ0v) is 32.4. The predicted octanol–water partition coefficient (Wildman–Crippen LogP) is 5.34. The van der Waals surface area contributed by atoms with Crippen LogP contribution in [0.25, 0.3) is 33.4 Å². The monoisotopic (exact) mass is 724 g/mol. The van der Waals surface area contributed by atoms with Gasteiger partial charge in [-0.3, -0.25) is 9.59 Å². The number of halogens is 1. The van der Waals surface area contributed by atoms with Crippen LogP contribution in [0.1, 0.15) is 107 Å². The van der Waals surface area contributed by atoms with Crippen LogP contribution in [0.4, 0.5) is 5.69 Å². The summed E-state index contributed by atoms with van der Waals surface area (Å²) in [5, 5.41) is 5.42. The van der Waals surface area contributed by atoms with Crippen molar-refractivity contribution in [2.45, 2.75) is 99.3 Å². The van der Waals surface area contributed by atoms with Crippen LogP contribution < -0.4 is 28.1 Å². The van der Waals surface area contributed by atoms with Crippen LogP contribution in [0.15, 0.2) is 75.7 Å². The van der Waals surface area contributed by atoms with Crippen LogP contribution in [-0.4, -0.2) is 37.2 Å². The molecule has 0 saturated carbocycles. The standard InChI is InChI=1S/C44H52N2O5.ClH/c1-7-45-37-26-40-35(23-28(37)3)42(36-24-29(4)38(46-8-2)27-41(36)51-40)33-20-16-17-21-34(33)44(49)50-22-18-14-12-10-9-11-13-15-19-32-25-39(47)30(5)31(6)43(32)48;/h16-17,20-21,23-27,45H,7-15,18-19,22H2,1-6H3;1H. The lowest BCUT2D eigenvalue weighted by Crippen LogP contribution is -3.00. The fraction of sp³-hybridized carbons (Fsp3) is 0.409. The maximum absolute atomic E-state index is 13.6. The van der Waals surface area contributed by atoms with Crippen molar-refractivity contribution in [3.63, 3.8) is 0 Å². The van der Waals surface area contributed by atoms with Gasteiger partial charge in [0.05, 0.1) is 18.2 Å². The second kappa shape index (κ2) is 18.8. The summed E-state index contributed by atoms with van der Waals surface area (Å²) in [6, 6.07) is 16.2. The van der Waals surface area contributed by atoms with Crippen molar-refractivity contribution in [3.05, 3.63) is 93.4 Å². The number of rotatable bonds is 16. The Bertz CT molecular complexity index is 2040. The molecule has 0 spiro atoms. The first kappa shape index (κ1) is 40.3. The molecule has 2 aromatic rings. The van der Waals surface area contributed by atoms with Crippen LogP contribution >= 0.6 is 0 Å². The minimum atomic E-state index is -0.316. The molecule has 0 fully saturated rings. The quantitative estimate of drug-likeness (QED) is 0.0701. The van der Waals surface area contributed by atoms with Crippen molar-refractivity contribution in [2.75, 3.05) is 25.0 Å². The number of fused-ring (bicyclic) bond motifs is 2. The smallest absolute Gasteiger partial charge is 0.338 e. The molecule has 52 heavy (non-hydrogen) atoms. The molecule has 3 aliphatic rings. The van der Waals surface area contributed by atoms with Gasteiger partial charge in [-0.15, -0.1) is 0 Å². The fourth-order valence-corrected chi connectivity index (χ4v) is 6.96. The molecule has 2 N–H and O–H groups in total. The summed E-state index contributed by atoms with van der Waals surface area (Å²) < 4.78 is 12.4. The van der Waals surface area contributed by atoms with E-state index in [1.807, 2.05) is 24.3 Å². The van der Waals surface area contributed by atoms with Crippen molar-refractivity contribution in [3.8, 4) is 22.5 Å². The van der Waals surface area contributed by atoms with Gasteiger partial charge in [0, 0.05) is 57.1 Å². The molecule has 0 radical (unpaired) electrons. The Labute approximate surface area is 314 Å². The van der Waals surface area contributed by atoms with Gasteiger partial charge in [-0.05, 0) is 96.2 Å². The summed E-state index contributed by atoms with van der Waals surface area (Å²) in [4.78, 5) is 41.6. The van der Waals surface area contributed by atoms with Crippen molar-refractivity contribution in [2.24, 2.45) is 0 Å². The first-order valence-electron chi connectivity index (χ1n) is 18.7. The summed E-state index contributed by atoms with van der Waals surface area (Å²) in [6.07, 6.45) is 10.4. The van der Waals surface area contributed by atoms with Gasteiger partial charge in [-0.1, -0.05) is 56.7 Å². The molecule has 0 unspecified atom stereocenters. The highest BCUT2D eigenvalue weighted by molar-refractivity contribution is 6.22. The number of aryl methyl sites for hydroxylation is 2. The molecule has 0 amide bonds. The third-order valence-electron chi connectivity index (χ3n) is 10.0. The molecule has 1 aliphatic heterocycles. The number of hydrogen-bond acceptors (Lipinski definition) is 6. The first-order chi connectivity index (χ1) is 24.6. The van der Waals surface area contributed by atoms with Crippen LogP contribution in [-0.2, 0) is 14.3 Å². The van der Waals surface area contributed by atoms with Gasteiger partial charge in [0.2, 0.25) is 5.36 Å². The Hall–Kier alpha value is -4.49. The number of carbonyl (C=O) groups is 3. The van der Waals surface area contributed by atoms with Gasteiger partial charge < -0.3 is 26.9 Å². The van der Waals surface area contributed by atoms with Crippen molar-refractivity contribution in [1.82, 2.24) is 0 Å². The van der Waals surface area contributed by atoms with E-state index in [0.29, 0.717) is 35.3 Å². The van der Waals surface area contributed by atoms with Crippen LogP contribution in [0, 0.1) is 13.8 Å². The molecule has 0 saturated heterocycles. The number of ether oxygens (including phenoxy) is 1. The lowest BCUT2D eigenvalue weighted by Gasteiger charge is -2.19. The molecular weight excluding hydrogens is 672 g/mol. The average molecular weight is 725 g/mol. The maximum atomic E-state index is 13.6. The zero-order valence-electron chi connectivity index (χ0n) is 31.6. The lowest BCUT2D eigenvalue weighted by atomic mass is 9.88. The van der Waals surface area contributed by atoms with Gasteiger partial charge >= 0.3 is 5.97 Å². The van der Waals surface area contributed by atoms with Crippen LogP contribution in [0.5, 0.6) is 0 Å². The lowest BCUT2D eigenvalue weighted by molar-refractivity contribution is -0.496. The van der Waals surface area contributed by atoms with Gasteiger partial charge in [-0.2, -0.15) is 0 Å². The number of carbonyl (C=O) groups excluding carboxylic acids is 3. The maximum Gasteiger partial charge on any atom is 0.338 e. The van der Waals surface area contributed by atoms with E-state index in [9.17, 15) is 14.4 Å². The van der Waals surface area contributed by atoms with E-state index in [0.717, 1.165) is 120 Å². The molecule has 7 nitrogen and oxygen atoms in total. The minimum absolute atomic E-state index is 0. The molecular formula is C44H53ClN2O5. The molecule has 8 heteroatoms. The molecule has 2 aromatic carbocycles. The normalized spacial score (nSPS) is 13.5. The summed E-state index contributed by atoms with van der Waals surface area (Å²) in [7, 11) is 0. The van der Waals surface area contributed by atoms with E-state index in [-0.39, 0.29) is 29.9 Å². The minimum Gasteiger partial charge on any atom is -1.00 e. The van der Waals surface area contributed by atoms with E-state index in [1.165, 1.54) is 6.08 Å². The number of Topliss-reactive ketones (excluding diaryl/α,β-unsaturated/α-hetero) is 1. The third kappa shape index (κ3) is 9.29. The summed E-state index contributed by atoms with van der Waals surface area (Å²) in [6.45, 7) is 13.8. The third-order valence-corrected chi connectivity index (χ3v) is 10.0. The summed E-state index contributed by atoms with van der Waals surface area (Å²) in [5.74, 6) is 0.430. The number of unbranched alkanes of at least 4 members (excludes halogenated alkanes) is 7. The Morgan fingerprint density at radius 1 is 0.808 bits per heavy atom. The molecule has 2 aliphatic carbocycles. The van der Waals surface area contributed by atoms with Crippen molar-refractivity contribution < 1.29 is 40.9 Å². The number of nitrogens with one attached hydrogen (secondary N) is 2. The summed E-state index contributed by atoms with van der Waals surface area (Å²) >= 11 is 0. The molecule has 0 atom stereocenters. The van der Waals surface area contributed by atoms with E-state index in [4.69, 9.17) is 9.15 Å². The van der Waals surface area contributed by atoms with Gasteiger partial charge in [0.1, 0.15) is 17.9 Å². The highest BCUT2D eigenvalue weighted by atomic mass is 35.5. The van der Waals surface area contributed by atoms with Gasteiger partial charge in [0.25, 0.3) is 0 Å². The highest BCUT2D eigenvalue weighted by Crippen LogP contribution is 2.43. The highest BCUT2D eigenvalue weighted by Gasteiger charge is 2.25. The van der Waals surface area contributed by atoms with Crippen molar-refractivity contribution >= 4 is 34.2 Å². The van der Waals surface area contributed by atoms with Gasteiger partial charge in [0.15, 0.2) is 11.6 Å². The fourth-order valence-electron chi connectivity index (χ4n) is 6.96. The van der Waals surface area contributed by atoms with Gasteiger partial charge in [-0.25, -0.2) is 9.79 Å². The zero-order chi connectivity index (χ0) is 36.5.